The summed E-state index contributed by atoms with van der Waals surface area (Å²) >= 11 is 0. The Balaban J connectivity index is 1.64. The summed E-state index contributed by atoms with van der Waals surface area (Å²) in [6.45, 7) is 1.74. The van der Waals surface area contributed by atoms with E-state index in [1.54, 1.807) is 20.1 Å². The molecule has 1 amide bonds. The van der Waals surface area contributed by atoms with Gasteiger partial charge in [0.1, 0.15) is 11.5 Å². The molecule has 0 unspecified atom stereocenters. The summed E-state index contributed by atoms with van der Waals surface area (Å²) in [5, 5.41) is 9.34. The quantitative estimate of drug-likeness (QED) is 0.743. The summed E-state index contributed by atoms with van der Waals surface area (Å²) < 4.78 is 9.98. The third-order valence-corrected chi connectivity index (χ3v) is 3.13. The Morgan fingerprint density at radius 1 is 1.17 bits per heavy atom. The second-order valence-electron chi connectivity index (χ2n) is 4.93. The van der Waals surface area contributed by atoms with Gasteiger partial charge in [0.05, 0.1) is 12.7 Å². The third-order valence-electron chi connectivity index (χ3n) is 3.13. The van der Waals surface area contributed by atoms with Crippen LogP contribution in [0.1, 0.15) is 16.1 Å². The molecule has 8 nitrogen and oxygen atoms in total. The average molecular weight is 325 g/mol. The van der Waals surface area contributed by atoms with Crippen LogP contribution in [0.4, 0.5) is 17.5 Å². The molecule has 1 aromatic carbocycles. The van der Waals surface area contributed by atoms with E-state index < -0.39 is 0 Å². The van der Waals surface area contributed by atoms with Crippen molar-refractivity contribution < 1.29 is 14.1 Å². The zero-order valence-corrected chi connectivity index (χ0v) is 13.1. The smallest absolute Gasteiger partial charge is 0.260 e. The van der Waals surface area contributed by atoms with Crippen LogP contribution in [0.15, 0.2) is 47.2 Å². The lowest BCUT2D eigenvalue weighted by Crippen LogP contribution is -2.13. The fraction of sp³-hybridized carbons (Fsp3) is 0.125. The number of nitrogens with one attached hydrogen (secondary N) is 2. The number of carbonyl (C=O) groups is 1. The van der Waals surface area contributed by atoms with Gasteiger partial charge in [-0.25, -0.2) is 9.97 Å². The van der Waals surface area contributed by atoms with E-state index >= 15 is 0 Å². The van der Waals surface area contributed by atoms with Crippen molar-refractivity contribution in [2.75, 3.05) is 17.7 Å². The molecule has 24 heavy (non-hydrogen) atoms. The average Bonchev–Trinajstić information content (AvgIpc) is 3.01. The molecule has 2 aromatic heterocycles. The zero-order chi connectivity index (χ0) is 16.9. The number of carbonyl (C=O) groups excluding carboxylic acids is 1. The van der Waals surface area contributed by atoms with E-state index in [0.717, 1.165) is 11.4 Å². The number of rotatable bonds is 5. The maximum atomic E-state index is 12.1. The van der Waals surface area contributed by atoms with Crippen molar-refractivity contribution in [3.05, 3.63) is 54.0 Å². The molecule has 0 aliphatic rings. The second kappa shape index (κ2) is 6.78. The van der Waals surface area contributed by atoms with Gasteiger partial charge in [0.25, 0.3) is 5.91 Å². The summed E-state index contributed by atoms with van der Waals surface area (Å²) in [6, 6.07) is 8.96. The number of aromatic nitrogens is 3. The minimum absolute atomic E-state index is 0.316. The van der Waals surface area contributed by atoms with Crippen LogP contribution in [-0.2, 0) is 0 Å². The summed E-state index contributed by atoms with van der Waals surface area (Å²) in [4.78, 5) is 20.3. The first-order valence-corrected chi connectivity index (χ1v) is 7.12. The molecule has 0 aliphatic heterocycles. The number of hydrogen-bond donors (Lipinski definition) is 2. The maximum absolute atomic E-state index is 12.1. The molecule has 8 heteroatoms. The zero-order valence-electron chi connectivity index (χ0n) is 13.1. The molecule has 122 valence electrons. The van der Waals surface area contributed by atoms with Crippen molar-refractivity contribution in [3.8, 4) is 5.75 Å². The Kier molecular flexibility index (Phi) is 4.37. The fourth-order valence-corrected chi connectivity index (χ4v) is 1.93. The molecule has 0 saturated heterocycles. The Hall–Kier alpha value is -3.42. The fourth-order valence-electron chi connectivity index (χ4n) is 1.93. The molecule has 3 aromatic rings. The second-order valence-corrected chi connectivity index (χ2v) is 4.93. The number of hydrogen-bond acceptors (Lipinski definition) is 7. The largest absolute Gasteiger partial charge is 0.497 e. The van der Waals surface area contributed by atoms with Crippen molar-refractivity contribution in [1.29, 1.82) is 0 Å². The predicted octanol–water partition coefficient (Wildman–Crippen LogP) is 2.78. The maximum Gasteiger partial charge on any atom is 0.260 e. The number of anilines is 3. The van der Waals surface area contributed by atoms with Crippen LogP contribution < -0.4 is 15.4 Å². The van der Waals surface area contributed by atoms with E-state index in [0.29, 0.717) is 23.1 Å². The molecular weight excluding hydrogens is 310 g/mol. The lowest BCUT2D eigenvalue weighted by molar-refractivity contribution is 0.102. The molecule has 0 aliphatic carbocycles. The van der Waals surface area contributed by atoms with Crippen LogP contribution in [0.3, 0.4) is 0 Å². The molecular formula is C16H15N5O3. The predicted molar refractivity (Wildman–Crippen MR) is 87.5 cm³/mol. The highest BCUT2D eigenvalue weighted by Gasteiger charge is 2.10. The molecule has 2 heterocycles. The summed E-state index contributed by atoms with van der Waals surface area (Å²) in [7, 11) is 1.61. The van der Waals surface area contributed by atoms with Crippen LogP contribution in [0, 0.1) is 6.92 Å². The van der Waals surface area contributed by atoms with E-state index in [4.69, 9.17) is 9.26 Å². The Morgan fingerprint density at radius 3 is 2.46 bits per heavy atom. The number of aryl methyl sites for hydroxylation is 1. The Bertz CT molecular complexity index is 828. The van der Waals surface area contributed by atoms with E-state index in [9.17, 15) is 4.79 Å². The lowest BCUT2D eigenvalue weighted by Gasteiger charge is -2.06. The standard InChI is InChI=1S/C16H15N5O3/c1-10-7-14(21-24-10)20-15(22)11-8-17-16(18-9-11)19-12-3-5-13(23-2)6-4-12/h3-9H,1-2H3,(H,17,18,19)(H,20,21,22). The van der Waals surface area contributed by atoms with Gasteiger partial charge < -0.3 is 19.9 Å². The monoisotopic (exact) mass is 325 g/mol. The minimum atomic E-state index is -0.362. The highest BCUT2D eigenvalue weighted by molar-refractivity contribution is 6.03. The summed E-state index contributed by atoms with van der Waals surface area (Å²) in [5.74, 6) is 1.74. The van der Waals surface area contributed by atoms with Gasteiger partial charge in [-0.2, -0.15) is 0 Å². The van der Waals surface area contributed by atoms with Crippen molar-refractivity contribution >= 4 is 23.4 Å². The van der Waals surface area contributed by atoms with Gasteiger partial charge in [-0.1, -0.05) is 5.16 Å². The first kappa shape index (κ1) is 15.5. The van der Waals surface area contributed by atoms with Gasteiger partial charge >= 0.3 is 0 Å². The molecule has 0 spiro atoms. The van der Waals surface area contributed by atoms with Gasteiger partial charge in [-0.05, 0) is 31.2 Å². The SMILES string of the molecule is COc1ccc(Nc2ncc(C(=O)Nc3cc(C)on3)cn2)cc1. The molecule has 2 N–H and O–H groups in total. The number of methoxy groups -OCH3 is 1. The Labute approximate surface area is 137 Å². The van der Waals surface area contributed by atoms with Gasteiger partial charge in [0, 0.05) is 24.1 Å². The van der Waals surface area contributed by atoms with Crippen molar-refractivity contribution in [2.45, 2.75) is 6.92 Å². The lowest BCUT2D eigenvalue weighted by atomic mass is 10.3. The summed E-state index contributed by atoms with van der Waals surface area (Å²) in [5.41, 5.74) is 1.13. The normalized spacial score (nSPS) is 10.2. The van der Waals surface area contributed by atoms with Crippen LogP contribution >= 0.6 is 0 Å². The molecule has 0 radical (unpaired) electrons. The number of benzene rings is 1. The number of nitrogens with zero attached hydrogens (tertiary/aromatic N) is 3. The molecule has 0 fully saturated rings. The van der Waals surface area contributed by atoms with Crippen LogP contribution in [0.2, 0.25) is 0 Å². The minimum Gasteiger partial charge on any atom is -0.497 e. The van der Waals surface area contributed by atoms with Gasteiger partial charge in [-0.3, -0.25) is 4.79 Å². The highest BCUT2D eigenvalue weighted by atomic mass is 16.5. The third kappa shape index (κ3) is 3.67. The van der Waals surface area contributed by atoms with E-state index in [2.05, 4.69) is 25.8 Å². The van der Waals surface area contributed by atoms with Crippen LogP contribution in [0.25, 0.3) is 0 Å². The van der Waals surface area contributed by atoms with Gasteiger partial charge in [-0.15, -0.1) is 0 Å². The molecule has 0 saturated carbocycles. The van der Waals surface area contributed by atoms with Crippen LogP contribution in [0.5, 0.6) is 5.75 Å². The van der Waals surface area contributed by atoms with E-state index in [1.807, 2.05) is 24.3 Å². The van der Waals surface area contributed by atoms with E-state index in [1.165, 1.54) is 12.4 Å². The van der Waals surface area contributed by atoms with Crippen molar-refractivity contribution in [1.82, 2.24) is 15.1 Å². The topological polar surface area (TPSA) is 102 Å². The van der Waals surface area contributed by atoms with Crippen LogP contribution in [-0.4, -0.2) is 28.1 Å². The highest BCUT2D eigenvalue weighted by Crippen LogP contribution is 2.17. The first-order valence-electron chi connectivity index (χ1n) is 7.12. The van der Waals surface area contributed by atoms with Crippen molar-refractivity contribution in [2.24, 2.45) is 0 Å². The first-order chi connectivity index (χ1) is 11.6. The summed E-state index contributed by atoms with van der Waals surface area (Å²) in [6.07, 6.45) is 2.86. The van der Waals surface area contributed by atoms with Gasteiger partial charge in [0.2, 0.25) is 5.95 Å². The Morgan fingerprint density at radius 2 is 1.88 bits per heavy atom. The molecule has 0 atom stereocenters. The number of ether oxygens (including phenoxy) is 1. The molecule has 0 bridgehead atoms. The van der Waals surface area contributed by atoms with Crippen molar-refractivity contribution in [3.63, 3.8) is 0 Å². The van der Waals surface area contributed by atoms with E-state index in [-0.39, 0.29) is 5.91 Å². The number of amides is 1. The van der Waals surface area contributed by atoms with Gasteiger partial charge in [0.15, 0.2) is 5.82 Å². The molecule has 3 rings (SSSR count).